The molecule has 2 aromatic rings. The summed E-state index contributed by atoms with van der Waals surface area (Å²) in [5, 5.41) is 9.01. The summed E-state index contributed by atoms with van der Waals surface area (Å²) in [5.41, 5.74) is 1.56. The van der Waals surface area contributed by atoms with Crippen LogP contribution in [0.25, 0.3) is 0 Å². The van der Waals surface area contributed by atoms with Crippen molar-refractivity contribution in [2.45, 2.75) is 19.9 Å². The number of likely N-dealkylation sites (N-methyl/N-ethyl adjacent to an activating group) is 1. The number of benzene rings is 1. The van der Waals surface area contributed by atoms with Gasteiger partial charge >= 0.3 is 0 Å². The summed E-state index contributed by atoms with van der Waals surface area (Å²) in [5.74, 6) is -0.251. The van der Waals surface area contributed by atoms with E-state index in [1.54, 1.807) is 26.0 Å². The van der Waals surface area contributed by atoms with E-state index < -0.39 is 6.04 Å². The Kier molecular flexibility index (Phi) is 4.37. The lowest BCUT2D eigenvalue weighted by atomic mass is 10.1. The summed E-state index contributed by atoms with van der Waals surface area (Å²) in [7, 11) is 1.53. The average molecular weight is 287 g/mol. The molecule has 2 rings (SSSR count). The molecule has 0 bridgehead atoms. The number of amides is 2. The van der Waals surface area contributed by atoms with Crippen molar-refractivity contribution in [1.82, 2.24) is 15.8 Å². The van der Waals surface area contributed by atoms with Crippen LogP contribution in [-0.2, 0) is 4.79 Å². The molecule has 0 aliphatic rings. The van der Waals surface area contributed by atoms with Gasteiger partial charge in [0, 0.05) is 7.05 Å². The van der Waals surface area contributed by atoms with Gasteiger partial charge in [-0.25, -0.2) is 0 Å². The van der Waals surface area contributed by atoms with E-state index in [-0.39, 0.29) is 11.8 Å². The summed E-state index contributed by atoms with van der Waals surface area (Å²) >= 11 is 0. The highest BCUT2D eigenvalue weighted by atomic mass is 16.5. The number of aromatic nitrogens is 1. The molecule has 1 atom stereocenters. The largest absolute Gasteiger partial charge is 0.361 e. The average Bonchev–Trinajstić information content (AvgIpc) is 2.84. The number of nitrogens with one attached hydrogen (secondary N) is 2. The molecule has 0 fully saturated rings. The highest BCUT2D eigenvalue weighted by Gasteiger charge is 2.25. The number of nitrogens with zero attached hydrogens (tertiary/aromatic N) is 1. The van der Waals surface area contributed by atoms with Crippen LogP contribution in [0.5, 0.6) is 0 Å². The molecule has 0 saturated carbocycles. The lowest BCUT2D eigenvalue weighted by Crippen LogP contribution is -2.39. The third kappa shape index (κ3) is 3.10. The summed E-state index contributed by atoms with van der Waals surface area (Å²) in [4.78, 5) is 24.4. The molecule has 2 amide bonds. The first-order valence-electron chi connectivity index (χ1n) is 6.55. The number of hydrogen-bond donors (Lipinski definition) is 2. The molecule has 110 valence electrons. The normalized spacial score (nSPS) is 11.8. The SMILES string of the molecule is CNC(=O)[C@H](NC(=O)c1c(C)noc1C)c1ccccc1. The Bertz CT molecular complexity index is 630. The van der Waals surface area contributed by atoms with Gasteiger partial charge in [0.2, 0.25) is 5.91 Å². The zero-order chi connectivity index (χ0) is 15.4. The summed E-state index contributed by atoms with van der Waals surface area (Å²) in [6.07, 6.45) is 0. The van der Waals surface area contributed by atoms with Gasteiger partial charge in [-0.05, 0) is 19.4 Å². The lowest BCUT2D eigenvalue weighted by molar-refractivity contribution is -0.122. The van der Waals surface area contributed by atoms with E-state index in [2.05, 4.69) is 15.8 Å². The van der Waals surface area contributed by atoms with Crippen LogP contribution in [0.3, 0.4) is 0 Å². The van der Waals surface area contributed by atoms with Crippen LogP contribution >= 0.6 is 0 Å². The fourth-order valence-electron chi connectivity index (χ4n) is 2.10. The maximum absolute atomic E-state index is 12.4. The topological polar surface area (TPSA) is 84.2 Å². The van der Waals surface area contributed by atoms with Gasteiger partial charge in [-0.1, -0.05) is 35.5 Å². The van der Waals surface area contributed by atoms with Crippen molar-refractivity contribution in [2.24, 2.45) is 0 Å². The molecule has 2 N–H and O–H groups in total. The Morgan fingerprint density at radius 1 is 1.19 bits per heavy atom. The summed E-state index contributed by atoms with van der Waals surface area (Å²) < 4.78 is 4.98. The number of carbonyl (C=O) groups is 2. The van der Waals surface area contributed by atoms with Crippen molar-refractivity contribution < 1.29 is 14.1 Å². The maximum atomic E-state index is 12.4. The molecular formula is C15H17N3O3. The molecule has 0 unspecified atom stereocenters. The van der Waals surface area contributed by atoms with Gasteiger partial charge in [0.05, 0.1) is 5.69 Å². The summed E-state index contributed by atoms with van der Waals surface area (Å²) in [6, 6.07) is 8.28. The van der Waals surface area contributed by atoms with Crippen molar-refractivity contribution in [3.63, 3.8) is 0 Å². The second-order valence-corrected chi connectivity index (χ2v) is 4.63. The first-order valence-corrected chi connectivity index (χ1v) is 6.55. The molecule has 21 heavy (non-hydrogen) atoms. The van der Waals surface area contributed by atoms with Gasteiger partial charge in [-0.3, -0.25) is 9.59 Å². The number of aryl methyl sites for hydroxylation is 2. The van der Waals surface area contributed by atoms with E-state index in [1.165, 1.54) is 7.05 Å². The Hall–Kier alpha value is -2.63. The van der Waals surface area contributed by atoms with Crippen LogP contribution < -0.4 is 10.6 Å². The smallest absolute Gasteiger partial charge is 0.257 e. The second kappa shape index (κ2) is 6.21. The third-order valence-corrected chi connectivity index (χ3v) is 3.18. The van der Waals surface area contributed by atoms with E-state index in [4.69, 9.17) is 4.52 Å². The monoisotopic (exact) mass is 287 g/mol. The van der Waals surface area contributed by atoms with Crippen LogP contribution in [0.2, 0.25) is 0 Å². The minimum atomic E-state index is -0.766. The quantitative estimate of drug-likeness (QED) is 0.892. The van der Waals surface area contributed by atoms with E-state index in [1.807, 2.05) is 18.2 Å². The molecule has 6 nitrogen and oxygen atoms in total. The molecular weight excluding hydrogens is 270 g/mol. The molecule has 6 heteroatoms. The van der Waals surface area contributed by atoms with Gasteiger partial charge in [0.25, 0.3) is 5.91 Å². The maximum Gasteiger partial charge on any atom is 0.257 e. The number of carbonyl (C=O) groups excluding carboxylic acids is 2. The van der Waals surface area contributed by atoms with Crippen molar-refractivity contribution in [3.8, 4) is 0 Å². The first-order chi connectivity index (χ1) is 10.0. The lowest BCUT2D eigenvalue weighted by Gasteiger charge is -2.17. The van der Waals surface area contributed by atoms with Gasteiger partial charge in [-0.2, -0.15) is 0 Å². The molecule has 1 aromatic carbocycles. The Balaban J connectivity index is 2.28. The molecule has 0 aliphatic carbocycles. The molecule has 1 aromatic heterocycles. The van der Waals surface area contributed by atoms with Crippen molar-refractivity contribution in [1.29, 1.82) is 0 Å². The number of hydrogen-bond acceptors (Lipinski definition) is 4. The highest BCUT2D eigenvalue weighted by Crippen LogP contribution is 2.17. The highest BCUT2D eigenvalue weighted by molar-refractivity contribution is 5.99. The van der Waals surface area contributed by atoms with Crippen LogP contribution in [0.4, 0.5) is 0 Å². The Morgan fingerprint density at radius 2 is 1.86 bits per heavy atom. The fraction of sp³-hybridized carbons (Fsp3) is 0.267. The van der Waals surface area contributed by atoms with E-state index in [0.29, 0.717) is 22.6 Å². The van der Waals surface area contributed by atoms with Crippen molar-refractivity contribution >= 4 is 11.8 Å². The molecule has 0 spiro atoms. The minimum absolute atomic E-state index is 0.290. The minimum Gasteiger partial charge on any atom is -0.361 e. The van der Waals surface area contributed by atoms with Gasteiger partial charge < -0.3 is 15.2 Å². The van der Waals surface area contributed by atoms with Crippen LogP contribution in [-0.4, -0.2) is 24.0 Å². The zero-order valence-corrected chi connectivity index (χ0v) is 12.1. The Morgan fingerprint density at radius 3 is 2.38 bits per heavy atom. The third-order valence-electron chi connectivity index (χ3n) is 3.18. The molecule has 0 radical (unpaired) electrons. The Labute approximate surface area is 122 Å². The van der Waals surface area contributed by atoms with E-state index >= 15 is 0 Å². The molecule has 0 aliphatic heterocycles. The van der Waals surface area contributed by atoms with Crippen LogP contribution in [0.1, 0.15) is 33.4 Å². The number of rotatable bonds is 4. The fourth-order valence-corrected chi connectivity index (χ4v) is 2.10. The van der Waals surface area contributed by atoms with Gasteiger partial charge in [0.15, 0.2) is 0 Å². The first kappa shape index (κ1) is 14.8. The zero-order valence-electron chi connectivity index (χ0n) is 12.1. The van der Waals surface area contributed by atoms with Crippen LogP contribution in [0.15, 0.2) is 34.9 Å². The van der Waals surface area contributed by atoms with Crippen molar-refractivity contribution in [3.05, 3.63) is 52.9 Å². The molecule has 0 saturated heterocycles. The predicted octanol–water partition coefficient (Wildman–Crippen LogP) is 1.51. The van der Waals surface area contributed by atoms with Gasteiger partial charge in [0.1, 0.15) is 17.4 Å². The van der Waals surface area contributed by atoms with Crippen LogP contribution in [0, 0.1) is 13.8 Å². The second-order valence-electron chi connectivity index (χ2n) is 4.63. The standard InChI is InChI=1S/C15H17N3O3/c1-9-12(10(2)21-18-9)14(19)17-13(15(20)16-3)11-7-5-4-6-8-11/h4-8,13H,1-3H3,(H,16,20)(H,17,19)/t13-/m1/s1. The van der Waals surface area contributed by atoms with E-state index in [9.17, 15) is 9.59 Å². The molecule has 1 heterocycles. The van der Waals surface area contributed by atoms with E-state index in [0.717, 1.165) is 0 Å². The van der Waals surface area contributed by atoms with Gasteiger partial charge in [-0.15, -0.1) is 0 Å². The van der Waals surface area contributed by atoms with Crippen molar-refractivity contribution in [2.75, 3.05) is 7.05 Å². The summed E-state index contributed by atoms with van der Waals surface area (Å²) in [6.45, 7) is 3.34. The predicted molar refractivity (Wildman–Crippen MR) is 76.7 cm³/mol.